The molecule has 5 nitrogen and oxygen atoms in total. The molecule has 0 radical (unpaired) electrons. The summed E-state index contributed by atoms with van der Waals surface area (Å²) in [7, 11) is 0. The van der Waals surface area contributed by atoms with Gasteiger partial charge in [-0.05, 0) is 37.0 Å². The lowest BCUT2D eigenvalue weighted by atomic mass is 10.1. The Morgan fingerprint density at radius 3 is 2.81 bits per heavy atom. The summed E-state index contributed by atoms with van der Waals surface area (Å²) in [5.74, 6) is 1.19. The molecule has 1 N–H and O–H groups in total. The summed E-state index contributed by atoms with van der Waals surface area (Å²) in [4.78, 5) is 21.3. The maximum atomic E-state index is 12.4. The maximum absolute atomic E-state index is 12.4. The molecule has 1 aromatic carbocycles. The SMILES string of the molecule is O=c1c2c(nc3nc(Cc4ccc(Cl)cc4)[nH]n13)CCC2. The van der Waals surface area contributed by atoms with Gasteiger partial charge < -0.3 is 0 Å². The predicted octanol–water partition coefficient (Wildman–Crippen LogP) is 2.15. The van der Waals surface area contributed by atoms with Crippen LogP contribution in [0, 0.1) is 0 Å². The molecule has 6 heteroatoms. The number of halogens is 1. The van der Waals surface area contributed by atoms with Gasteiger partial charge in [-0.2, -0.15) is 9.50 Å². The first-order valence-corrected chi connectivity index (χ1v) is 7.32. The Bertz CT molecular complexity index is 879. The van der Waals surface area contributed by atoms with E-state index in [1.807, 2.05) is 24.3 Å². The summed E-state index contributed by atoms with van der Waals surface area (Å²) in [6.45, 7) is 0. The second-order valence-corrected chi connectivity index (χ2v) is 5.74. The van der Waals surface area contributed by atoms with E-state index in [0.717, 1.165) is 41.9 Å². The van der Waals surface area contributed by atoms with Gasteiger partial charge in [0, 0.05) is 17.0 Å². The van der Waals surface area contributed by atoms with Crippen LogP contribution in [0.2, 0.25) is 5.02 Å². The third-order valence-electron chi connectivity index (χ3n) is 3.85. The van der Waals surface area contributed by atoms with Crippen molar-refractivity contribution in [3.8, 4) is 0 Å². The second kappa shape index (κ2) is 4.70. The number of hydrogen-bond acceptors (Lipinski definition) is 3. The molecule has 0 bridgehead atoms. The van der Waals surface area contributed by atoms with Crippen molar-refractivity contribution >= 4 is 17.4 Å². The third kappa shape index (κ3) is 2.14. The van der Waals surface area contributed by atoms with Gasteiger partial charge in [-0.15, -0.1) is 0 Å². The molecule has 0 amide bonds. The average molecular weight is 301 g/mol. The van der Waals surface area contributed by atoms with E-state index in [-0.39, 0.29) is 5.56 Å². The fourth-order valence-corrected chi connectivity index (χ4v) is 2.93. The summed E-state index contributed by atoms with van der Waals surface area (Å²) >= 11 is 5.88. The van der Waals surface area contributed by atoms with E-state index in [4.69, 9.17) is 11.6 Å². The van der Waals surface area contributed by atoms with Crippen LogP contribution >= 0.6 is 11.6 Å². The smallest absolute Gasteiger partial charge is 0.275 e. The topological polar surface area (TPSA) is 63.0 Å². The minimum absolute atomic E-state index is 0.0117. The van der Waals surface area contributed by atoms with Crippen LogP contribution in [0.15, 0.2) is 29.1 Å². The van der Waals surface area contributed by atoms with Crippen molar-refractivity contribution in [3.05, 3.63) is 62.3 Å². The molecule has 0 fully saturated rings. The number of fused-ring (bicyclic) bond motifs is 2. The monoisotopic (exact) mass is 300 g/mol. The highest BCUT2D eigenvalue weighted by Crippen LogP contribution is 2.17. The standard InChI is InChI=1S/C15H13ClN4O/c16-10-6-4-9(5-7-10)8-13-18-15-17-12-3-1-2-11(12)14(21)20(15)19-13/h4-7H,1-3,8H2,(H,17,18,19). The highest BCUT2D eigenvalue weighted by atomic mass is 35.5. The number of nitrogens with zero attached hydrogens (tertiary/aromatic N) is 3. The zero-order valence-electron chi connectivity index (χ0n) is 11.3. The normalized spacial score (nSPS) is 13.8. The van der Waals surface area contributed by atoms with Gasteiger partial charge in [0.25, 0.3) is 11.3 Å². The lowest BCUT2D eigenvalue weighted by Gasteiger charge is -1.98. The first-order chi connectivity index (χ1) is 10.2. The fourth-order valence-electron chi connectivity index (χ4n) is 2.80. The van der Waals surface area contributed by atoms with Crippen LogP contribution in [0.4, 0.5) is 0 Å². The van der Waals surface area contributed by atoms with Crippen LogP contribution in [-0.4, -0.2) is 19.6 Å². The van der Waals surface area contributed by atoms with Gasteiger partial charge in [-0.3, -0.25) is 9.89 Å². The van der Waals surface area contributed by atoms with Crippen molar-refractivity contribution in [2.24, 2.45) is 0 Å². The number of aromatic amines is 1. The van der Waals surface area contributed by atoms with E-state index >= 15 is 0 Å². The van der Waals surface area contributed by atoms with Crippen molar-refractivity contribution < 1.29 is 0 Å². The van der Waals surface area contributed by atoms with Crippen LogP contribution in [0.25, 0.3) is 5.78 Å². The Morgan fingerprint density at radius 1 is 1.19 bits per heavy atom. The molecule has 0 saturated heterocycles. The summed E-state index contributed by atoms with van der Waals surface area (Å²) in [6, 6.07) is 7.59. The Labute approximate surface area is 125 Å². The molecule has 21 heavy (non-hydrogen) atoms. The van der Waals surface area contributed by atoms with E-state index in [1.54, 1.807) is 0 Å². The molecule has 2 aromatic heterocycles. The summed E-state index contributed by atoms with van der Waals surface area (Å²) in [5, 5.41) is 3.76. The van der Waals surface area contributed by atoms with Gasteiger partial charge in [0.1, 0.15) is 5.82 Å². The van der Waals surface area contributed by atoms with Gasteiger partial charge in [0.2, 0.25) is 0 Å². The zero-order chi connectivity index (χ0) is 14.4. The molecule has 0 spiro atoms. The number of nitrogens with one attached hydrogen (secondary N) is 1. The lowest BCUT2D eigenvalue weighted by molar-refractivity contribution is 0.843. The third-order valence-corrected chi connectivity index (χ3v) is 4.10. The largest absolute Gasteiger partial charge is 0.277 e. The van der Waals surface area contributed by atoms with Gasteiger partial charge in [-0.1, -0.05) is 23.7 Å². The van der Waals surface area contributed by atoms with Crippen molar-refractivity contribution in [2.45, 2.75) is 25.7 Å². The second-order valence-electron chi connectivity index (χ2n) is 5.30. The minimum Gasteiger partial charge on any atom is -0.275 e. The van der Waals surface area contributed by atoms with Gasteiger partial charge in [0.05, 0.1) is 5.69 Å². The molecule has 0 aliphatic heterocycles. The molecule has 0 unspecified atom stereocenters. The predicted molar refractivity (Wildman–Crippen MR) is 79.9 cm³/mol. The molecule has 3 aromatic rings. The number of hydrogen-bond donors (Lipinski definition) is 1. The van der Waals surface area contributed by atoms with Gasteiger partial charge >= 0.3 is 0 Å². The maximum Gasteiger partial charge on any atom is 0.277 e. The zero-order valence-corrected chi connectivity index (χ0v) is 12.0. The van der Waals surface area contributed by atoms with Crippen LogP contribution in [0.1, 0.15) is 29.1 Å². The Morgan fingerprint density at radius 2 is 2.00 bits per heavy atom. The van der Waals surface area contributed by atoms with Crippen LogP contribution in [-0.2, 0) is 19.3 Å². The quantitative estimate of drug-likeness (QED) is 0.789. The number of aryl methyl sites for hydroxylation is 1. The molecular formula is C15H13ClN4O. The lowest BCUT2D eigenvalue weighted by Crippen LogP contribution is -2.20. The van der Waals surface area contributed by atoms with Crippen molar-refractivity contribution in [1.82, 2.24) is 19.6 Å². The van der Waals surface area contributed by atoms with Crippen molar-refractivity contribution in [1.29, 1.82) is 0 Å². The molecule has 2 heterocycles. The van der Waals surface area contributed by atoms with E-state index < -0.39 is 0 Å². The fraction of sp³-hybridized carbons (Fsp3) is 0.267. The van der Waals surface area contributed by atoms with E-state index in [2.05, 4.69) is 15.1 Å². The number of rotatable bonds is 2. The number of benzene rings is 1. The number of aromatic nitrogens is 4. The average Bonchev–Trinajstić information content (AvgIpc) is 3.08. The Kier molecular flexibility index (Phi) is 2.82. The molecule has 0 atom stereocenters. The number of H-pyrrole nitrogens is 1. The summed E-state index contributed by atoms with van der Waals surface area (Å²) in [6.07, 6.45) is 3.31. The van der Waals surface area contributed by atoms with Crippen molar-refractivity contribution in [3.63, 3.8) is 0 Å². The van der Waals surface area contributed by atoms with Crippen molar-refractivity contribution in [2.75, 3.05) is 0 Å². The molecular weight excluding hydrogens is 288 g/mol. The molecule has 0 saturated carbocycles. The van der Waals surface area contributed by atoms with E-state index in [9.17, 15) is 4.79 Å². The summed E-state index contributed by atoms with van der Waals surface area (Å²) in [5.41, 5.74) is 2.81. The Balaban J connectivity index is 1.76. The highest BCUT2D eigenvalue weighted by Gasteiger charge is 2.19. The first-order valence-electron chi connectivity index (χ1n) is 6.94. The van der Waals surface area contributed by atoms with Crippen LogP contribution in [0.5, 0.6) is 0 Å². The molecule has 1 aliphatic rings. The first kappa shape index (κ1) is 12.6. The summed E-state index contributed by atoms with van der Waals surface area (Å²) < 4.78 is 1.45. The van der Waals surface area contributed by atoms with Gasteiger partial charge in [-0.25, -0.2) is 4.98 Å². The molecule has 1 aliphatic carbocycles. The van der Waals surface area contributed by atoms with Crippen LogP contribution in [0.3, 0.4) is 0 Å². The molecule has 106 valence electrons. The van der Waals surface area contributed by atoms with E-state index in [1.165, 1.54) is 4.52 Å². The van der Waals surface area contributed by atoms with Gasteiger partial charge in [0.15, 0.2) is 0 Å². The van der Waals surface area contributed by atoms with Crippen LogP contribution < -0.4 is 5.56 Å². The molecule has 4 rings (SSSR count). The Hall–Kier alpha value is -2.14. The minimum atomic E-state index is -0.0117. The van der Waals surface area contributed by atoms with E-state index in [0.29, 0.717) is 17.2 Å². The highest BCUT2D eigenvalue weighted by molar-refractivity contribution is 6.30.